The fourth-order valence-corrected chi connectivity index (χ4v) is 1.92. The lowest BCUT2D eigenvalue weighted by Crippen LogP contribution is -2.38. The van der Waals surface area contributed by atoms with Crippen LogP contribution >= 0.6 is 0 Å². The minimum atomic E-state index is -0.0439. The molecule has 1 unspecified atom stereocenters. The summed E-state index contributed by atoms with van der Waals surface area (Å²) in [6.07, 6.45) is 2.89. The molecule has 0 aliphatic carbocycles. The minimum Gasteiger partial charge on any atom is -0.399 e. The summed E-state index contributed by atoms with van der Waals surface area (Å²) in [5.74, 6) is 0.195. The van der Waals surface area contributed by atoms with Gasteiger partial charge in [-0.15, -0.1) is 0 Å². The number of carbonyl (C=O) groups is 1. The van der Waals surface area contributed by atoms with Gasteiger partial charge in [0, 0.05) is 12.2 Å². The summed E-state index contributed by atoms with van der Waals surface area (Å²) in [5, 5.41) is 3.18. The number of hydrogen-bond acceptors (Lipinski definition) is 3. The summed E-state index contributed by atoms with van der Waals surface area (Å²) in [5.41, 5.74) is 8.79. The molecule has 1 heterocycles. The lowest BCUT2D eigenvalue weighted by Gasteiger charge is -2.22. The number of hydrogen-bond donors (Lipinski definition) is 2. The highest BCUT2D eigenvalue weighted by Gasteiger charge is 2.19. The predicted molar refractivity (Wildman–Crippen MR) is 65.9 cm³/mol. The topological polar surface area (TPSA) is 55.1 Å². The molecule has 0 amide bonds. The van der Waals surface area contributed by atoms with Crippen molar-refractivity contribution >= 4 is 17.0 Å². The fraction of sp³-hybridized carbons (Fsp3) is 0.308. The van der Waals surface area contributed by atoms with E-state index in [9.17, 15) is 4.79 Å². The third kappa shape index (κ3) is 2.31. The molecule has 3 N–H and O–H groups in total. The van der Waals surface area contributed by atoms with Gasteiger partial charge < -0.3 is 11.1 Å². The molecule has 1 atom stereocenters. The fourth-order valence-electron chi connectivity index (χ4n) is 1.92. The monoisotopic (exact) mass is 216 g/mol. The van der Waals surface area contributed by atoms with E-state index in [2.05, 4.69) is 11.4 Å². The van der Waals surface area contributed by atoms with E-state index in [1.165, 1.54) is 5.57 Å². The number of nitrogen functional groups attached to an aromatic ring is 1. The number of anilines is 1. The lowest BCUT2D eigenvalue weighted by atomic mass is 9.94. The predicted octanol–water partition coefficient (Wildman–Crippen LogP) is 1.60. The molecule has 1 aromatic rings. The van der Waals surface area contributed by atoms with E-state index in [1.807, 2.05) is 24.3 Å². The second-order valence-electron chi connectivity index (χ2n) is 4.13. The van der Waals surface area contributed by atoms with Crippen molar-refractivity contribution in [3.05, 3.63) is 35.9 Å². The zero-order valence-corrected chi connectivity index (χ0v) is 9.36. The largest absolute Gasteiger partial charge is 0.399 e. The van der Waals surface area contributed by atoms with Crippen molar-refractivity contribution in [1.29, 1.82) is 0 Å². The van der Waals surface area contributed by atoms with Gasteiger partial charge in [0.1, 0.15) is 5.78 Å². The zero-order valence-electron chi connectivity index (χ0n) is 9.36. The van der Waals surface area contributed by atoms with Crippen LogP contribution in [0, 0.1) is 0 Å². The van der Waals surface area contributed by atoms with Gasteiger partial charge in [0.25, 0.3) is 0 Å². The second kappa shape index (κ2) is 4.49. The smallest absolute Gasteiger partial charge is 0.147 e. The maximum atomic E-state index is 11.3. The van der Waals surface area contributed by atoms with Gasteiger partial charge in [-0.25, -0.2) is 0 Å². The Morgan fingerprint density at radius 3 is 2.69 bits per heavy atom. The molecule has 0 radical (unpaired) electrons. The molecular formula is C13H16N2O. The Hall–Kier alpha value is -1.61. The number of carbonyl (C=O) groups excluding carboxylic acids is 1. The van der Waals surface area contributed by atoms with E-state index >= 15 is 0 Å². The van der Waals surface area contributed by atoms with Crippen LogP contribution in [0.25, 0.3) is 5.57 Å². The van der Waals surface area contributed by atoms with Gasteiger partial charge in [-0.05, 0) is 36.6 Å². The van der Waals surface area contributed by atoms with E-state index in [0.29, 0.717) is 0 Å². The standard InChI is InChI=1S/C13H16N2O/c1-9(16)13-8-11(6-7-15-13)10-2-4-12(14)5-3-10/h2-6,13,15H,7-8,14H2,1H3. The first-order valence-electron chi connectivity index (χ1n) is 5.45. The maximum absolute atomic E-state index is 11.3. The molecule has 1 aromatic carbocycles. The van der Waals surface area contributed by atoms with Gasteiger partial charge >= 0.3 is 0 Å². The first-order chi connectivity index (χ1) is 7.66. The van der Waals surface area contributed by atoms with E-state index in [1.54, 1.807) is 6.92 Å². The summed E-state index contributed by atoms with van der Waals surface area (Å²) in [6, 6.07) is 7.74. The number of nitrogens with one attached hydrogen (secondary N) is 1. The maximum Gasteiger partial charge on any atom is 0.147 e. The summed E-state index contributed by atoms with van der Waals surface area (Å²) >= 11 is 0. The SMILES string of the molecule is CC(=O)C1CC(c2ccc(N)cc2)=CCN1. The molecule has 84 valence electrons. The Balaban J connectivity index is 2.18. The van der Waals surface area contributed by atoms with Crippen LogP contribution in [0.15, 0.2) is 30.3 Å². The Morgan fingerprint density at radius 2 is 2.06 bits per heavy atom. The number of ketones is 1. The Bertz CT molecular complexity index is 420. The number of benzene rings is 1. The number of rotatable bonds is 2. The van der Waals surface area contributed by atoms with Crippen molar-refractivity contribution in [3.8, 4) is 0 Å². The summed E-state index contributed by atoms with van der Waals surface area (Å²) in [4.78, 5) is 11.3. The second-order valence-corrected chi connectivity index (χ2v) is 4.13. The molecular weight excluding hydrogens is 200 g/mol. The average molecular weight is 216 g/mol. The van der Waals surface area contributed by atoms with Crippen LogP contribution in [-0.2, 0) is 4.79 Å². The molecule has 0 saturated carbocycles. The summed E-state index contributed by atoms with van der Waals surface area (Å²) < 4.78 is 0. The molecule has 0 bridgehead atoms. The molecule has 1 aliphatic rings. The first kappa shape index (κ1) is 10.9. The van der Waals surface area contributed by atoms with Gasteiger partial charge in [-0.3, -0.25) is 4.79 Å². The average Bonchev–Trinajstić information content (AvgIpc) is 2.30. The molecule has 3 heteroatoms. The van der Waals surface area contributed by atoms with Crippen LogP contribution in [0.4, 0.5) is 5.69 Å². The highest BCUT2D eigenvalue weighted by Crippen LogP contribution is 2.23. The lowest BCUT2D eigenvalue weighted by molar-refractivity contribution is -0.118. The quantitative estimate of drug-likeness (QED) is 0.738. The van der Waals surface area contributed by atoms with Crippen molar-refractivity contribution in [3.63, 3.8) is 0 Å². The van der Waals surface area contributed by atoms with E-state index < -0.39 is 0 Å². The normalized spacial score (nSPS) is 20.3. The summed E-state index contributed by atoms with van der Waals surface area (Å²) in [6.45, 7) is 2.38. The molecule has 2 rings (SSSR count). The van der Waals surface area contributed by atoms with Crippen LogP contribution in [0.1, 0.15) is 18.9 Å². The van der Waals surface area contributed by atoms with Gasteiger partial charge in [0.15, 0.2) is 0 Å². The van der Waals surface area contributed by atoms with Crippen molar-refractivity contribution in [2.45, 2.75) is 19.4 Å². The zero-order chi connectivity index (χ0) is 11.5. The third-order valence-electron chi connectivity index (χ3n) is 2.91. The molecule has 0 aromatic heterocycles. The van der Waals surface area contributed by atoms with Crippen LogP contribution in [0.3, 0.4) is 0 Å². The highest BCUT2D eigenvalue weighted by atomic mass is 16.1. The molecule has 0 spiro atoms. The van der Waals surface area contributed by atoms with Crippen molar-refractivity contribution in [2.24, 2.45) is 0 Å². The van der Waals surface area contributed by atoms with E-state index in [-0.39, 0.29) is 11.8 Å². The van der Waals surface area contributed by atoms with E-state index in [4.69, 9.17) is 5.73 Å². The highest BCUT2D eigenvalue weighted by molar-refractivity contribution is 5.85. The molecule has 16 heavy (non-hydrogen) atoms. The molecule has 1 aliphatic heterocycles. The Morgan fingerprint density at radius 1 is 1.38 bits per heavy atom. The van der Waals surface area contributed by atoms with Crippen LogP contribution in [0.2, 0.25) is 0 Å². The molecule has 0 fully saturated rings. The van der Waals surface area contributed by atoms with Gasteiger partial charge in [0.2, 0.25) is 0 Å². The summed E-state index contributed by atoms with van der Waals surface area (Å²) in [7, 11) is 0. The van der Waals surface area contributed by atoms with Crippen molar-refractivity contribution in [2.75, 3.05) is 12.3 Å². The van der Waals surface area contributed by atoms with Gasteiger partial charge in [-0.2, -0.15) is 0 Å². The molecule has 3 nitrogen and oxygen atoms in total. The molecule has 0 saturated heterocycles. The minimum absolute atomic E-state index is 0.0439. The Kier molecular flexibility index (Phi) is 3.06. The third-order valence-corrected chi connectivity index (χ3v) is 2.91. The van der Waals surface area contributed by atoms with Crippen molar-refractivity contribution < 1.29 is 4.79 Å². The van der Waals surface area contributed by atoms with Crippen LogP contribution in [0.5, 0.6) is 0 Å². The van der Waals surface area contributed by atoms with E-state index in [0.717, 1.165) is 24.2 Å². The first-order valence-corrected chi connectivity index (χ1v) is 5.45. The number of nitrogens with two attached hydrogens (primary N) is 1. The van der Waals surface area contributed by atoms with Crippen LogP contribution in [-0.4, -0.2) is 18.4 Å². The van der Waals surface area contributed by atoms with Crippen molar-refractivity contribution in [1.82, 2.24) is 5.32 Å². The Labute approximate surface area is 95.3 Å². The van der Waals surface area contributed by atoms with Gasteiger partial charge in [0.05, 0.1) is 6.04 Å². The van der Waals surface area contributed by atoms with Crippen LogP contribution < -0.4 is 11.1 Å². The van der Waals surface area contributed by atoms with Gasteiger partial charge in [-0.1, -0.05) is 18.2 Å². The number of Topliss-reactive ketones (excluding diaryl/α,β-unsaturated/α-hetero) is 1.